The maximum absolute atomic E-state index is 2.47. The molecule has 22 heavy (non-hydrogen) atoms. The number of hydrogen-bond acceptors (Lipinski definition) is 1. The van der Waals surface area contributed by atoms with Gasteiger partial charge in [0.2, 0.25) is 6.34 Å². The van der Waals surface area contributed by atoms with Crippen molar-refractivity contribution in [1.82, 2.24) is 4.90 Å². The predicted molar refractivity (Wildman–Crippen MR) is 92.2 cm³/mol. The summed E-state index contributed by atoms with van der Waals surface area (Å²) in [6.45, 7) is 6.85. The summed E-state index contributed by atoms with van der Waals surface area (Å²) >= 11 is 0. The molecular weight excluding hydrogens is 268 g/mol. The van der Waals surface area contributed by atoms with Crippen LogP contribution in [0.1, 0.15) is 43.5 Å². The van der Waals surface area contributed by atoms with Crippen LogP contribution in [-0.2, 0) is 0 Å². The Hall–Kier alpha value is -2.09. The molecule has 0 saturated carbocycles. The fraction of sp³-hybridized carbons (Fsp3) is 0.350. The first-order valence-corrected chi connectivity index (χ1v) is 8.22. The molecule has 0 bridgehead atoms. The molecule has 0 saturated heterocycles. The van der Waals surface area contributed by atoms with Gasteiger partial charge in [-0.1, -0.05) is 60.7 Å². The molecule has 0 radical (unpaired) electrons. The van der Waals surface area contributed by atoms with E-state index in [1.807, 2.05) is 0 Å². The molecular formula is C20H25N2+. The molecule has 0 amide bonds. The lowest BCUT2D eigenvalue weighted by Crippen LogP contribution is -2.38. The van der Waals surface area contributed by atoms with Crippen molar-refractivity contribution in [1.29, 1.82) is 0 Å². The molecule has 3 rings (SSSR count). The highest BCUT2D eigenvalue weighted by atomic mass is 15.2. The van der Waals surface area contributed by atoms with Crippen LogP contribution in [-0.4, -0.2) is 28.9 Å². The first-order valence-electron chi connectivity index (χ1n) is 8.22. The van der Waals surface area contributed by atoms with Crippen molar-refractivity contribution in [3.8, 4) is 0 Å². The van der Waals surface area contributed by atoms with E-state index in [2.05, 4.69) is 90.3 Å². The largest absolute Gasteiger partial charge is 0.262 e. The molecule has 2 aromatic carbocycles. The Labute approximate surface area is 133 Å². The van der Waals surface area contributed by atoms with Crippen LogP contribution in [0.3, 0.4) is 0 Å². The highest BCUT2D eigenvalue weighted by Gasteiger charge is 2.25. The first-order chi connectivity index (χ1) is 10.8. The van der Waals surface area contributed by atoms with Gasteiger partial charge in [0.05, 0.1) is 13.1 Å². The molecule has 0 aliphatic carbocycles. The fourth-order valence-electron chi connectivity index (χ4n) is 3.18. The van der Waals surface area contributed by atoms with Crippen molar-refractivity contribution < 1.29 is 4.58 Å². The Morgan fingerprint density at radius 2 is 1.45 bits per heavy atom. The van der Waals surface area contributed by atoms with Gasteiger partial charge in [-0.3, -0.25) is 9.48 Å². The second-order valence-electron chi connectivity index (χ2n) is 6.12. The van der Waals surface area contributed by atoms with Crippen LogP contribution in [0.25, 0.3) is 0 Å². The Bertz CT molecular complexity index is 619. The fourth-order valence-corrected chi connectivity index (χ4v) is 3.18. The summed E-state index contributed by atoms with van der Waals surface area (Å²) < 4.78 is 2.47. The average Bonchev–Trinajstić information content (AvgIpc) is 2.62. The third kappa shape index (κ3) is 3.22. The normalized spacial score (nSPS) is 17.7. The van der Waals surface area contributed by atoms with Crippen LogP contribution in [0.15, 0.2) is 60.7 Å². The first kappa shape index (κ1) is 14.8. The van der Waals surface area contributed by atoms with E-state index in [1.54, 1.807) is 0 Å². The van der Waals surface area contributed by atoms with E-state index in [1.165, 1.54) is 17.5 Å². The summed E-state index contributed by atoms with van der Waals surface area (Å²) in [6.07, 6.45) is 3.55. The maximum atomic E-state index is 2.47. The van der Waals surface area contributed by atoms with Crippen molar-refractivity contribution in [3.05, 3.63) is 71.8 Å². The Morgan fingerprint density at radius 1 is 0.864 bits per heavy atom. The van der Waals surface area contributed by atoms with Gasteiger partial charge in [-0.15, -0.1) is 0 Å². The third-order valence-electron chi connectivity index (χ3n) is 4.69. The molecule has 114 valence electrons. The summed E-state index contributed by atoms with van der Waals surface area (Å²) in [4.78, 5) is 2.47. The standard InChI is InChI=1S/C20H25N2/c1-17(19-10-5-3-6-11-19)21-14-9-15-22(16-21)18(2)20-12-7-4-8-13-20/h3-8,10-13,16-18H,9,14-15H2,1-2H3/q+1/t17-,18-/m1/s1. The minimum Gasteiger partial charge on any atom is -0.262 e. The van der Waals surface area contributed by atoms with Crippen molar-refractivity contribution >= 4 is 6.34 Å². The molecule has 2 nitrogen and oxygen atoms in total. The minimum absolute atomic E-state index is 0.423. The van der Waals surface area contributed by atoms with Gasteiger partial charge in [0.25, 0.3) is 0 Å². The van der Waals surface area contributed by atoms with Gasteiger partial charge < -0.3 is 0 Å². The summed E-state index contributed by atoms with van der Waals surface area (Å²) in [6, 6.07) is 22.4. The van der Waals surface area contributed by atoms with E-state index in [-0.39, 0.29) is 0 Å². The van der Waals surface area contributed by atoms with Crippen molar-refractivity contribution in [2.24, 2.45) is 0 Å². The second kappa shape index (κ2) is 6.78. The van der Waals surface area contributed by atoms with Gasteiger partial charge in [0, 0.05) is 6.42 Å². The van der Waals surface area contributed by atoms with E-state index in [0.29, 0.717) is 12.1 Å². The number of hydrogen-bond donors (Lipinski definition) is 0. The maximum Gasteiger partial charge on any atom is 0.235 e. The highest BCUT2D eigenvalue weighted by molar-refractivity contribution is 5.51. The van der Waals surface area contributed by atoms with Crippen LogP contribution in [0.5, 0.6) is 0 Å². The number of benzene rings is 2. The SMILES string of the molecule is C[C@H](c1ccccc1)N1C=[N+]([C@H](C)c2ccccc2)CCC1. The smallest absolute Gasteiger partial charge is 0.235 e. The zero-order chi connectivity index (χ0) is 15.4. The van der Waals surface area contributed by atoms with Gasteiger partial charge in [-0.05, 0) is 25.0 Å². The quantitative estimate of drug-likeness (QED) is 0.764. The van der Waals surface area contributed by atoms with Gasteiger partial charge in [-0.2, -0.15) is 0 Å². The summed E-state index contributed by atoms with van der Waals surface area (Å²) in [5.41, 5.74) is 2.76. The lowest BCUT2D eigenvalue weighted by atomic mass is 10.1. The highest BCUT2D eigenvalue weighted by Crippen LogP contribution is 2.23. The summed E-state index contributed by atoms with van der Waals surface area (Å²) in [7, 11) is 0. The van der Waals surface area contributed by atoms with Crippen LogP contribution in [0, 0.1) is 0 Å². The second-order valence-corrected chi connectivity index (χ2v) is 6.12. The van der Waals surface area contributed by atoms with E-state index in [4.69, 9.17) is 0 Å². The monoisotopic (exact) mass is 293 g/mol. The molecule has 2 atom stereocenters. The number of rotatable bonds is 4. The molecule has 1 heterocycles. The average molecular weight is 293 g/mol. The lowest BCUT2D eigenvalue weighted by molar-refractivity contribution is -0.573. The van der Waals surface area contributed by atoms with Gasteiger partial charge in [-0.25, -0.2) is 0 Å². The van der Waals surface area contributed by atoms with Crippen LogP contribution in [0.4, 0.5) is 0 Å². The van der Waals surface area contributed by atoms with E-state index >= 15 is 0 Å². The van der Waals surface area contributed by atoms with Crippen molar-refractivity contribution in [3.63, 3.8) is 0 Å². The Morgan fingerprint density at radius 3 is 2.09 bits per heavy atom. The Balaban J connectivity index is 1.80. The molecule has 1 aliphatic heterocycles. The molecule has 2 heteroatoms. The summed E-state index contributed by atoms with van der Waals surface area (Å²) in [5, 5.41) is 0. The van der Waals surface area contributed by atoms with Crippen LogP contribution >= 0.6 is 0 Å². The lowest BCUT2D eigenvalue weighted by Gasteiger charge is -2.28. The zero-order valence-corrected chi connectivity index (χ0v) is 13.5. The molecule has 0 unspecified atom stereocenters. The van der Waals surface area contributed by atoms with Crippen LogP contribution in [0.2, 0.25) is 0 Å². The molecule has 0 spiro atoms. The van der Waals surface area contributed by atoms with Crippen LogP contribution < -0.4 is 0 Å². The molecule has 0 fully saturated rings. The van der Waals surface area contributed by atoms with Crippen molar-refractivity contribution in [2.75, 3.05) is 13.1 Å². The molecule has 2 aromatic rings. The van der Waals surface area contributed by atoms with E-state index in [9.17, 15) is 0 Å². The molecule has 1 aliphatic rings. The Kier molecular flexibility index (Phi) is 4.57. The van der Waals surface area contributed by atoms with Gasteiger partial charge >= 0.3 is 0 Å². The topological polar surface area (TPSA) is 6.25 Å². The number of nitrogens with zero attached hydrogens (tertiary/aromatic N) is 2. The zero-order valence-electron chi connectivity index (χ0n) is 13.5. The van der Waals surface area contributed by atoms with Gasteiger partial charge in [0.15, 0.2) is 0 Å². The minimum atomic E-state index is 0.423. The predicted octanol–water partition coefficient (Wildman–Crippen LogP) is 4.26. The van der Waals surface area contributed by atoms with Crippen molar-refractivity contribution in [2.45, 2.75) is 32.4 Å². The third-order valence-corrected chi connectivity index (χ3v) is 4.69. The molecule has 0 aromatic heterocycles. The van der Waals surface area contributed by atoms with E-state index < -0.39 is 0 Å². The van der Waals surface area contributed by atoms with Gasteiger partial charge in [0.1, 0.15) is 12.1 Å². The molecule has 0 N–H and O–H groups in total. The summed E-state index contributed by atoms with van der Waals surface area (Å²) in [5.74, 6) is 0. The van der Waals surface area contributed by atoms with E-state index in [0.717, 1.165) is 13.1 Å².